The fourth-order valence-electron chi connectivity index (χ4n) is 1.03. The van der Waals surface area contributed by atoms with E-state index >= 15 is 0 Å². The van der Waals surface area contributed by atoms with E-state index in [1.54, 1.807) is 19.1 Å². The van der Waals surface area contributed by atoms with Crippen LogP contribution in [0.4, 0.5) is 13.2 Å². The molecule has 0 radical (unpaired) electrons. The number of hydrogen-bond donors (Lipinski definition) is 0. The van der Waals surface area contributed by atoms with E-state index < -0.39 is 17.7 Å². The summed E-state index contributed by atoms with van der Waals surface area (Å²) >= 11 is 0. The molecule has 0 atom stereocenters. The van der Waals surface area contributed by atoms with E-state index in [2.05, 4.69) is 11.8 Å². The zero-order valence-corrected chi connectivity index (χ0v) is 9.44. The SMILES string of the molecule is Cc1cccc(C#CC(C)(C)C(F)F)c1F. The zero-order chi connectivity index (χ0) is 12.3. The smallest absolute Gasteiger partial charge is 0.209 e. The maximum absolute atomic E-state index is 13.5. The van der Waals surface area contributed by atoms with Gasteiger partial charge in [0, 0.05) is 0 Å². The topological polar surface area (TPSA) is 0 Å². The van der Waals surface area contributed by atoms with E-state index in [-0.39, 0.29) is 5.56 Å². The van der Waals surface area contributed by atoms with Gasteiger partial charge in [0.15, 0.2) is 0 Å². The third-order valence-electron chi connectivity index (χ3n) is 2.26. The van der Waals surface area contributed by atoms with Crippen LogP contribution in [0.25, 0.3) is 0 Å². The molecule has 0 N–H and O–H groups in total. The van der Waals surface area contributed by atoms with E-state index in [4.69, 9.17) is 0 Å². The number of alkyl halides is 2. The van der Waals surface area contributed by atoms with Gasteiger partial charge in [-0.25, -0.2) is 13.2 Å². The molecule has 16 heavy (non-hydrogen) atoms. The van der Waals surface area contributed by atoms with Gasteiger partial charge in [0.25, 0.3) is 6.43 Å². The van der Waals surface area contributed by atoms with E-state index in [9.17, 15) is 13.2 Å². The zero-order valence-electron chi connectivity index (χ0n) is 9.44. The summed E-state index contributed by atoms with van der Waals surface area (Å²) in [6, 6.07) is 4.74. The Balaban J connectivity index is 3.06. The van der Waals surface area contributed by atoms with Gasteiger partial charge in [-0.3, -0.25) is 0 Å². The molecule has 1 rings (SSSR count). The average Bonchev–Trinajstić information content (AvgIpc) is 2.20. The summed E-state index contributed by atoms with van der Waals surface area (Å²) in [6.45, 7) is 4.27. The second-order valence-corrected chi connectivity index (χ2v) is 4.21. The van der Waals surface area contributed by atoms with Crippen LogP contribution < -0.4 is 0 Å². The van der Waals surface area contributed by atoms with Gasteiger partial charge in [-0.2, -0.15) is 0 Å². The molecule has 0 fully saturated rings. The Bertz CT molecular complexity index is 436. The van der Waals surface area contributed by atoms with Crippen LogP contribution in [0.1, 0.15) is 25.0 Å². The second-order valence-electron chi connectivity index (χ2n) is 4.21. The number of rotatable bonds is 1. The van der Waals surface area contributed by atoms with Crippen molar-refractivity contribution in [2.45, 2.75) is 27.2 Å². The minimum absolute atomic E-state index is 0.161. The van der Waals surface area contributed by atoms with Crippen molar-refractivity contribution in [1.29, 1.82) is 0 Å². The summed E-state index contributed by atoms with van der Waals surface area (Å²) in [6.07, 6.45) is -2.55. The van der Waals surface area contributed by atoms with E-state index in [1.165, 1.54) is 19.9 Å². The highest BCUT2D eigenvalue weighted by Gasteiger charge is 2.26. The van der Waals surface area contributed by atoms with Gasteiger partial charge in [-0.15, -0.1) is 0 Å². The molecule has 0 bridgehead atoms. The largest absolute Gasteiger partial charge is 0.254 e. The van der Waals surface area contributed by atoms with Crippen molar-refractivity contribution in [2.24, 2.45) is 5.41 Å². The highest BCUT2D eigenvalue weighted by molar-refractivity contribution is 5.39. The molecule has 1 aromatic rings. The van der Waals surface area contributed by atoms with Crippen molar-refractivity contribution in [1.82, 2.24) is 0 Å². The first-order valence-corrected chi connectivity index (χ1v) is 4.91. The van der Waals surface area contributed by atoms with Gasteiger partial charge >= 0.3 is 0 Å². The standard InChI is InChI=1S/C13H13F3/c1-9-5-4-6-10(11(9)14)7-8-13(2,3)12(15)16/h4-6,12H,1-3H3. The second kappa shape index (κ2) is 4.61. The number of halogens is 3. The van der Waals surface area contributed by atoms with Crippen LogP contribution in [-0.4, -0.2) is 6.43 Å². The summed E-state index contributed by atoms with van der Waals surface area (Å²) in [7, 11) is 0. The third-order valence-corrected chi connectivity index (χ3v) is 2.26. The van der Waals surface area contributed by atoms with Crippen LogP contribution in [0.3, 0.4) is 0 Å². The Kier molecular flexibility index (Phi) is 3.64. The van der Waals surface area contributed by atoms with Gasteiger partial charge in [0.2, 0.25) is 0 Å². The molecule has 0 aliphatic carbocycles. The highest BCUT2D eigenvalue weighted by Crippen LogP contribution is 2.23. The molecule has 0 unspecified atom stereocenters. The summed E-state index contributed by atoms with van der Waals surface area (Å²) in [5.41, 5.74) is -0.800. The van der Waals surface area contributed by atoms with E-state index in [0.29, 0.717) is 5.56 Å². The molecule has 3 heteroatoms. The Hall–Kier alpha value is -1.43. The van der Waals surface area contributed by atoms with Crippen LogP contribution in [0.2, 0.25) is 0 Å². The van der Waals surface area contributed by atoms with Crippen molar-refractivity contribution < 1.29 is 13.2 Å². The van der Waals surface area contributed by atoms with Crippen LogP contribution in [0, 0.1) is 30.0 Å². The van der Waals surface area contributed by atoms with E-state index in [1.807, 2.05) is 0 Å². The maximum atomic E-state index is 13.5. The van der Waals surface area contributed by atoms with Gasteiger partial charge in [-0.1, -0.05) is 24.0 Å². The lowest BCUT2D eigenvalue weighted by atomic mass is 9.94. The summed E-state index contributed by atoms with van der Waals surface area (Å²) in [5.74, 6) is 4.43. The monoisotopic (exact) mass is 226 g/mol. The van der Waals surface area contributed by atoms with Gasteiger partial charge < -0.3 is 0 Å². The molecule has 0 aliphatic heterocycles. The van der Waals surface area contributed by atoms with Crippen LogP contribution in [-0.2, 0) is 0 Å². The summed E-state index contributed by atoms with van der Waals surface area (Å²) in [4.78, 5) is 0. The van der Waals surface area contributed by atoms with Crippen LogP contribution in [0.15, 0.2) is 18.2 Å². The van der Waals surface area contributed by atoms with Gasteiger partial charge in [0.1, 0.15) is 5.82 Å². The molecular weight excluding hydrogens is 213 g/mol. The molecule has 0 aliphatic rings. The number of hydrogen-bond acceptors (Lipinski definition) is 0. The Morgan fingerprint density at radius 3 is 2.44 bits per heavy atom. The normalized spacial score (nSPS) is 11.2. The molecule has 0 saturated carbocycles. The first kappa shape index (κ1) is 12.6. The lowest BCUT2D eigenvalue weighted by molar-refractivity contribution is 0.0570. The van der Waals surface area contributed by atoms with E-state index in [0.717, 1.165) is 0 Å². The molecule has 0 spiro atoms. The first-order chi connectivity index (χ1) is 7.34. The maximum Gasteiger partial charge on any atom is 0.254 e. The number of benzene rings is 1. The predicted molar refractivity (Wildman–Crippen MR) is 57.8 cm³/mol. The van der Waals surface area contributed by atoms with Crippen molar-refractivity contribution in [3.05, 3.63) is 35.1 Å². The Morgan fingerprint density at radius 2 is 1.88 bits per heavy atom. The lowest BCUT2D eigenvalue weighted by Crippen LogP contribution is -2.19. The molecule has 0 aromatic heterocycles. The van der Waals surface area contributed by atoms with Crippen molar-refractivity contribution in [2.75, 3.05) is 0 Å². The predicted octanol–water partition coefficient (Wildman–Crippen LogP) is 3.78. The molecule has 86 valence electrons. The molecular formula is C13H13F3. The Labute approximate surface area is 93.5 Å². The van der Waals surface area contributed by atoms with Crippen molar-refractivity contribution in [3.63, 3.8) is 0 Å². The average molecular weight is 226 g/mol. The third kappa shape index (κ3) is 2.79. The fourth-order valence-corrected chi connectivity index (χ4v) is 1.03. The van der Waals surface area contributed by atoms with Crippen molar-refractivity contribution >= 4 is 0 Å². The molecule has 0 heterocycles. The summed E-state index contributed by atoms with van der Waals surface area (Å²) in [5, 5.41) is 0. The highest BCUT2D eigenvalue weighted by atomic mass is 19.3. The minimum Gasteiger partial charge on any atom is -0.209 e. The molecule has 0 saturated heterocycles. The quantitative estimate of drug-likeness (QED) is 0.639. The first-order valence-electron chi connectivity index (χ1n) is 4.91. The molecule has 1 aromatic carbocycles. The van der Waals surface area contributed by atoms with Crippen LogP contribution in [0.5, 0.6) is 0 Å². The van der Waals surface area contributed by atoms with Crippen LogP contribution >= 0.6 is 0 Å². The number of aryl methyl sites for hydroxylation is 1. The van der Waals surface area contributed by atoms with Crippen molar-refractivity contribution in [3.8, 4) is 11.8 Å². The molecule has 0 amide bonds. The van der Waals surface area contributed by atoms with Gasteiger partial charge in [-0.05, 0) is 32.4 Å². The fraction of sp³-hybridized carbons (Fsp3) is 0.385. The Morgan fingerprint density at radius 1 is 1.25 bits per heavy atom. The van der Waals surface area contributed by atoms with Gasteiger partial charge in [0.05, 0.1) is 11.0 Å². The molecule has 0 nitrogen and oxygen atoms in total. The summed E-state index contributed by atoms with van der Waals surface area (Å²) < 4.78 is 38.5. The minimum atomic E-state index is -2.55. The lowest BCUT2D eigenvalue weighted by Gasteiger charge is -2.15.